The number of ether oxygens (including phenoxy) is 2. The van der Waals surface area contributed by atoms with Crippen LogP contribution in [0, 0.1) is 5.82 Å². The van der Waals surface area contributed by atoms with Gasteiger partial charge in [-0.25, -0.2) is 14.2 Å². The fourth-order valence-electron chi connectivity index (χ4n) is 0.826. The van der Waals surface area contributed by atoms with Crippen molar-refractivity contribution in [3.05, 3.63) is 23.8 Å². The molecule has 0 aliphatic heterocycles. The van der Waals surface area contributed by atoms with Gasteiger partial charge in [-0.3, -0.25) is 0 Å². The largest absolute Gasteiger partial charge is 0.494 e. The van der Waals surface area contributed by atoms with E-state index in [-0.39, 0.29) is 11.4 Å². The predicted octanol–water partition coefficient (Wildman–Crippen LogP) is 1.02. The van der Waals surface area contributed by atoms with Gasteiger partial charge >= 0.3 is 5.97 Å². The highest BCUT2D eigenvalue weighted by atomic mass is 19.1. The van der Waals surface area contributed by atoms with Gasteiger partial charge < -0.3 is 9.47 Å². The van der Waals surface area contributed by atoms with Gasteiger partial charge in [0.05, 0.1) is 20.4 Å². The molecule has 1 aromatic rings. The fraction of sp³-hybridized carbons (Fsp3) is 0.250. The Morgan fingerprint density at radius 2 is 2.23 bits per heavy atom. The molecule has 0 amide bonds. The minimum absolute atomic E-state index is 0.0357. The number of pyridine rings is 1. The molecule has 0 atom stereocenters. The van der Waals surface area contributed by atoms with E-state index in [0.29, 0.717) is 0 Å². The van der Waals surface area contributed by atoms with Crippen LogP contribution in [0.2, 0.25) is 0 Å². The van der Waals surface area contributed by atoms with Crippen LogP contribution in [0.5, 0.6) is 5.75 Å². The molecule has 70 valence electrons. The molecular formula is C8H8FNO3. The lowest BCUT2D eigenvalue weighted by molar-refractivity contribution is 0.0590. The quantitative estimate of drug-likeness (QED) is 0.645. The Kier molecular flexibility index (Phi) is 2.79. The molecule has 0 spiro atoms. The molecule has 0 aromatic carbocycles. The van der Waals surface area contributed by atoms with E-state index < -0.39 is 11.8 Å². The second kappa shape index (κ2) is 3.84. The Hall–Kier alpha value is -1.65. The van der Waals surface area contributed by atoms with E-state index >= 15 is 0 Å². The maximum absolute atomic E-state index is 12.6. The summed E-state index contributed by atoms with van der Waals surface area (Å²) >= 11 is 0. The average molecular weight is 185 g/mol. The third kappa shape index (κ3) is 1.93. The number of methoxy groups -OCH3 is 2. The van der Waals surface area contributed by atoms with Crippen LogP contribution in [-0.2, 0) is 4.74 Å². The molecule has 1 rings (SSSR count). The number of hydrogen-bond acceptors (Lipinski definition) is 4. The number of nitrogens with zero attached hydrogens (tertiary/aromatic N) is 1. The van der Waals surface area contributed by atoms with Gasteiger partial charge in [-0.1, -0.05) is 0 Å². The van der Waals surface area contributed by atoms with E-state index in [2.05, 4.69) is 9.72 Å². The molecule has 0 fully saturated rings. The van der Waals surface area contributed by atoms with Crippen molar-refractivity contribution >= 4 is 5.97 Å². The van der Waals surface area contributed by atoms with Crippen LogP contribution in [0.4, 0.5) is 4.39 Å². The maximum Gasteiger partial charge on any atom is 0.360 e. The monoisotopic (exact) mass is 185 g/mol. The number of carbonyl (C=O) groups excluding carboxylic acids is 1. The van der Waals surface area contributed by atoms with Gasteiger partial charge in [-0.15, -0.1) is 0 Å². The smallest absolute Gasteiger partial charge is 0.360 e. The Bertz CT molecular complexity index is 327. The van der Waals surface area contributed by atoms with E-state index in [0.717, 1.165) is 12.3 Å². The highest BCUT2D eigenvalue weighted by Gasteiger charge is 2.14. The summed E-state index contributed by atoms with van der Waals surface area (Å²) in [5.74, 6) is -1.16. The summed E-state index contributed by atoms with van der Waals surface area (Å²) in [4.78, 5) is 14.6. The molecule has 0 radical (unpaired) electrons. The van der Waals surface area contributed by atoms with Gasteiger partial charge in [-0.05, 0) is 0 Å². The zero-order valence-electron chi connectivity index (χ0n) is 7.20. The van der Waals surface area contributed by atoms with Crippen molar-refractivity contribution in [1.29, 1.82) is 0 Å². The molecule has 4 nitrogen and oxygen atoms in total. The normalized spacial score (nSPS) is 9.46. The summed E-state index contributed by atoms with van der Waals surface area (Å²) < 4.78 is 21.8. The highest BCUT2D eigenvalue weighted by Crippen LogP contribution is 2.17. The Morgan fingerprint density at radius 3 is 2.77 bits per heavy atom. The van der Waals surface area contributed by atoms with Gasteiger partial charge in [0, 0.05) is 6.07 Å². The van der Waals surface area contributed by atoms with Gasteiger partial charge in [0.2, 0.25) is 0 Å². The zero-order chi connectivity index (χ0) is 9.84. The number of carbonyl (C=O) groups is 1. The third-order valence-corrected chi connectivity index (χ3v) is 1.42. The highest BCUT2D eigenvalue weighted by molar-refractivity contribution is 5.90. The lowest BCUT2D eigenvalue weighted by Crippen LogP contribution is -2.07. The Balaban J connectivity index is 3.13. The average Bonchev–Trinajstić information content (AvgIpc) is 2.16. The standard InChI is InChI=1S/C8H8FNO3/c1-12-6-3-5(9)4-10-7(6)8(11)13-2/h3-4H,1-2H3. The SMILES string of the molecule is COC(=O)c1ncc(F)cc1OC. The van der Waals surface area contributed by atoms with E-state index in [1.165, 1.54) is 14.2 Å². The van der Waals surface area contributed by atoms with E-state index in [1.54, 1.807) is 0 Å². The van der Waals surface area contributed by atoms with Crippen molar-refractivity contribution in [2.45, 2.75) is 0 Å². The molecule has 0 aliphatic carbocycles. The van der Waals surface area contributed by atoms with Crippen LogP contribution in [0.25, 0.3) is 0 Å². The number of rotatable bonds is 2. The molecule has 0 bridgehead atoms. The van der Waals surface area contributed by atoms with Crippen molar-refractivity contribution in [2.24, 2.45) is 0 Å². The fourth-order valence-corrected chi connectivity index (χ4v) is 0.826. The van der Waals surface area contributed by atoms with Gasteiger partial charge in [0.25, 0.3) is 0 Å². The topological polar surface area (TPSA) is 48.4 Å². The number of halogens is 1. The summed E-state index contributed by atoms with van der Waals surface area (Å²) in [6.45, 7) is 0. The molecule has 0 N–H and O–H groups in total. The van der Waals surface area contributed by atoms with Crippen molar-refractivity contribution in [1.82, 2.24) is 4.98 Å². The maximum atomic E-state index is 12.6. The van der Waals surface area contributed by atoms with Crippen LogP contribution in [0.15, 0.2) is 12.3 Å². The first kappa shape index (κ1) is 9.44. The van der Waals surface area contributed by atoms with Gasteiger partial charge in [-0.2, -0.15) is 0 Å². The first-order chi connectivity index (χ1) is 6.19. The lowest BCUT2D eigenvalue weighted by atomic mass is 10.3. The third-order valence-electron chi connectivity index (χ3n) is 1.42. The summed E-state index contributed by atoms with van der Waals surface area (Å²) in [5, 5.41) is 0. The van der Waals surface area contributed by atoms with Crippen molar-refractivity contribution in [3.8, 4) is 5.75 Å². The zero-order valence-corrected chi connectivity index (χ0v) is 7.20. The molecule has 1 heterocycles. The molecule has 13 heavy (non-hydrogen) atoms. The first-order valence-corrected chi connectivity index (χ1v) is 3.47. The number of esters is 1. The molecule has 5 heteroatoms. The number of hydrogen-bond donors (Lipinski definition) is 0. The molecule has 0 saturated carbocycles. The van der Waals surface area contributed by atoms with Gasteiger partial charge in [0.15, 0.2) is 11.4 Å². The molecule has 0 saturated heterocycles. The molecule has 1 aromatic heterocycles. The van der Waals surface area contributed by atoms with Crippen molar-refractivity contribution < 1.29 is 18.7 Å². The summed E-state index contributed by atoms with van der Waals surface area (Å²) in [5.41, 5.74) is -0.0357. The Morgan fingerprint density at radius 1 is 1.54 bits per heavy atom. The summed E-state index contributed by atoms with van der Waals surface area (Å²) in [6, 6.07) is 1.07. The second-order valence-electron chi connectivity index (χ2n) is 2.20. The molecule has 0 unspecified atom stereocenters. The number of aromatic nitrogens is 1. The van der Waals surface area contributed by atoms with Crippen LogP contribution < -0.4 is 4.74 Å². The van der Waals surface area contributed by atoms with E-state index in [1.807, 2.05) is 0 Å². The summed E-state index contributed by atoms with van der Waals surface area (Å²) in [6.07, 6.45) is 0.925. The van der Waals surface area contributed by atoms with E-state index in [9.17, 15) is 9.18 Å². The van der Waals surface area contributed by atoms with Crippen LogP contribution in [0.1, 0.15) is 10.5 Å². The van der Waals surface area contributed by atoms with Crippen LogP contribution in [0.3, 0.4) is 0 Å². The van der Waals surface area contributed by atoms with Gasteiger partial charge in [0.1, 0.15) is 5.82 Å². The van der Waals surface area contributed by atoms with E-state index in [4.69, 9.17) is 4.74 Å². The van der Waals surface area contributed by atoms with Crippen LogP contribution >= 0.6 is 0 Å². The predicted molar refractivity (Wildman–Crippen MR) is 42.1 cm³/mol. The lowest BCUT2D eigenvalue weighted by Gasteiger charge is -2.04. The minimum Gasteiger partial charge on any atom is -0.494 e. The minimum atomic E-state index is -0.656. The Labute approximate surface area is 74.3 Å². The van der Waals surface area contributed by atoms with Crippen molar-refractivity contribution in [2.75, 3.05) is 14.2 Å². The molecule has 0 aliphatic rings. The van der Waals surface area contributed by atoms with Crippen LogP contribution in [-0.4, -0.2) is 25.2 Å². The van der Waals surface area contributed by atoms with Crippen molar-refractivity contribution in [3.63, 3.8) is 0 Å². The second-order valence-corrected chi connectivity index (χ2v) is 2.20. The summed E-state index contributed by atoms with van der Waals surface area (Å²) in [7, 11) is 2.54. The first-order valence-electron chi connectivity index (χ1n) is 3.47. The molecular weight excluding hydrogens is 177 g/mol.